The van der Waals surface area contributed by atoms with E-state index in [0.717, 1.165) is 56.3 Å². The van der Waals surface area contributed by atoms with E-state index < -0.39 is 11.2 Å². The SMILES string of the molecule is CC[C@]1(O)CC[C@@]2(C)C(=CC[C@@]3(C)[C@@H]4CC[C@H]([C@H](C)CCC5(O)CCC(C)(C)CC5)[C@@]4(C)CC[C@@H]32)C1. The van der Waals surface area contributed by atoms with E-state index in [1.54, 1.807) is 5.57 Å². The average Bonchev–Trinajstić information content (AvgIpc) is 3.19. The van der Waals surface area contributed by atoms with E-state index in [1.165, 1.54) is 57.8 Å². The van der Waals surface area contributed by atoms with E-state index in [0.29, 0.717) is 22.2 Å². The fraction of sp³-hybridized carbons (Fsp3) is 0.941. The molecule has 5 rings (SSSR count). The molecule has 2 nitrogen and oxygen atoms in total. The molecule has 2 heteroatoms. The van der Waals surface area contributed by atoms with Crippen molar-refractivity contribution in [2.75, 3.05) is 0 Å². The third kappa shape index (κ3) is 4.27. The van der Waals surface area contributed by atoms with Gasteiger partial charge in [-0.3, -0.25) is 0 Å². The number of fused-ring (bicyclic) bond motifs is 5. The Kier molecular flexibility index (Phi) is 6.69. The van der Waals surface area contributed by atoms with Crippen molar-refractivity contribution in [2.24, 2.45) is 45.3 Å². The highest BCUT2D eigenvalue weighted by atomic mass is 16.3. The standard InChI is InChI=1S/C34H58O2/c1-8-33(35)22-19-30(5)25(23-33)12-14-32(7)27-10-9-26(31(27,6)15-13-28(30)32)24(2)11-16-34(36)20-17-29(3,4)18-21-34/h12,24,26-28,35-36H,8-11,13-23H2,1-7H3/t24-,26-,27-,28-,30+,31-,32+,33+/m1/s1. The maximum absolute atomic E-state index is 11.4. The van der Waals surface area contributed by atoms with Crippen LogP contribution in [0.15, 0.2) is 11.6 Å². The number of aliphatic hydroxyl groups is 2. The average molecular weight is 499 g/mol. The van der Waals surface area contributed by atoms with Crippen molar-refractivity contribution in [3.63, 3.8) is 0 Å². The van der Waals surface area contributed by atoms with Gasteiger partial charge in [-0.15, -0.1) is 0 Å². The van der Waals surface area contributed by atoms with Crippen LogP contribution in [-0.2, 0) is 0 Å². The van der Waals surface area contributed by atoms with Crippen molar-refractivity contribution in [3.05, 3.63) is 11.6 Å². The minimum absolute atomic E-state index is 0.289. The van der Waals surface area contributed by atoms with Crippen LogP contribution < -0.4 is 0 Å². The maximum Gasteiger partial charge on any atom is 0.0682 e. The number of hydrogen-bond donors (Lipinski definition) is 2. The topological polar surface area (TPSA) is 40.5 Å². The second kappa shape index (κ2) is 8.84. The zero-order chi connectivity index (χ0) is 26.2. The van der Waals surface area contributed by atoms with Crippen LogP contribution in [-0.4, -0.2) is 21.4 Å². The van der Waals surface area contributed by atoms with Crippen molar-refractivity contribution < 1.29 is 10.2 Å². The van der Waals surface area contributed by atoms with E-state index in [9.17, 15) is 10.2 Å². The molecule has 0 heterocycles. The third-order valence-corrected chi connectivity index (χ3v) is 13.8. The molecule has 36 heavy (non-hydrogen) atoms. The molecule has 0 unspecified atom stereocenters. The van der Waals surface area contributed by atoms with E-state index >= 15 is 0 Å². The van der Waals surface area contributed by atoms with Crippen molar-refractivity contribution in [1.29, 1.82) is 0 Å². The molecule has 4 fully saturated rings. The Morgan fingerprint density at radius 3 is 2.14 bits per heavy atom. The summed E-state index contributed by atoms with van der Waals surface area (Å²) in [6.45, 7) is 17.3. The fourth-order valence-electron chi connectivity index (χ4n) is 11.0. The first kappa shape index (κ1) is 27.2. The van der Waals surface area contributed by atoms with Crippen molar-refractivity contribution in [3.8, 4) is 0 Å². The molecular formula is C34H58O2. The Labute approximate surface area is 223 Å². The minimum Gasteiger partial charge on any atom is -0.390 e. The lowest BCUT2D eigenvalue weighted by molar-refractivity contribution is -0.123. The zero-order valence-electron chi connectivity index (χ0n) is 24.9. The summed E-state index contributed by atoms with van der Waals surface area (Å²) in [7, 11) is 0. The minimum atomic E-state index is -0.464. The number of rotatable bonds is 5. The van der Waals surface area contributed by atoms with E-state index in [4.69, 9.17) is 0 Å². The van der Waals surface area contributed by atoms with Gasteiger partial charge in [-0.05, 0) is 142 Å². The summed E-state index contributed by atoms with van der Waals surface area (Å²) in [5.41, 5.74) is 2.27. The number of hydrogen-bond acceptors (Lipinski definition) is 2. The van der Waals surface area contributed by atoms with Gasteiger partial charge in [0.2, 0.25) is 0 Å². The second-order valence-electron chi connectivity index (χ2n) is 16.3. The maximum atomic E-state index is 11.4. The van der Waals surface area contributed by atoms with Gasteiger partial charge >= 0.3 is 0 Å². The highest BCUT2D eigenvalue weighted by Crippen LogP contribution is 2.72. The molecule has 0 bridgehead atoms. The van der Waals surface area contributed by atoms with Gasteiger partial charge in [-0.2, -0.15) is 0 Å². The summed E-state index contributed by atoms with van der Waals surface area (Å²) in [6, 6.07) is 0. The molecule has 5 aliphatic carbocycles. The van der Waals surface area contributed by atoms with Crippen molar-refractivity contribution in [1.82, 2.24) is 0 Å². The van der Waals surface area contributed by atoms with Gasteiger partial charge in [0.25, 0.3) is 0 Å². The first-order valence-corrected chi connectivity index (χ1v) is 15.8. The van der Waals surface area contributed by atoms with Crippen LogP contribution in [0.5, 0.6) is 0 Å². The molecule has 5 aliphatic rings. The molecule has 0 saturated heterocycles. The molecule has 8 atom stereocenters. The molecule has 0 amide bonds. The van der Waals surface area contributed by atoms with E-state index in [2.05, 4.69) is 54.5 Å². The lowest BCUT2D eigenvalue weighted by Gasteiger charge is -2.64. The first-order valence-electron chi connectivity index (χ1n) is 15.8. The summed E-state index contributed by atoms with van der Waals surface area (Å²) in [6.07, 6.45) is 19.8. The molecule has 0 radical (unpaired) electrons. The normalized spacial score (nSPS) is 48.4. The highest BCUT2D eigenvalue weighted by Gasteiger charge is 2.64. The second-order valence-corrected chi connectivity index (χ2v) is 16.3. The summed E-state index contributed by atoms with van der Waals surface area (Å²) in [5, 5.41) is 22.5. The Morgan fingerprint density at radius 1 is 0.806 bits per heavy atom. The van der Waals surface area contributed by atoms with Crippen LogP contribution in [0.1, 0.15) is 145 Å². The molecule has 0 aromatic heterocycles. The molecule has 0 aromatic carbocycles. The molecule has 4 saturated carbocycles. The highest BCUT2D eigenvalue weighted by molar-refractivity contribution is 5.29. The van der Waals surface area contributed by atoms with Crippen LogP contribution in [0, 0.1) is 45.3 Å². The monoisotopic (exact) mass is 498 g/mol. The van der Waals surface area contributed by atoms with Gasteiger partial charge in [0.05, 0.1) is 11.2 Å². The molecular weight excluding hydrogens is 440 g/mol. The van der Waals surface area contributed by atoms with Crippen molar-refractivity contribution >= 4 is 0 Å². The molecule has 0 aromatic rings. The van der Waals surface area contributed by atoms with Crippen LogP contribution in [0.4, 0.5) is 0 Å². The Balaban J connectivity index is 1.30. The Morgan fingerprint density at radius 2 is 1.47 bits per heavy atom. The predicted molar refractivity (Wildman–Crippen MR) is 151 cm³/mol. The van der Waals surface area contributed by atoms with Crippen molar-refractivity contribution in [2.45, 2.75) is 156 Å². The van der Waals surface area contributed by atoms with Gasteiger partial charge < -0.3 is 10.2 Å². The molecule has 0 spiro atoms. The summed E-state index contributed by atoms with van der Waals surface area (Å²) < 4.78 is 0. The quantitative estimate of drug-likeness (QED) is 0.372. The zero-order valence-corrected chi connectivity index (χ0v) is 24.9. The van der Waals surface area contributed by atoms with Gasteiger partial charge in [0.15, 0.2) is 0 Å². The van der Waals surface area contributed by atoms with Crippen LogP contribution in [0.2, 0.25) is 0 Å². The lowest BCUT2D eigenvalue weighted by atomic mass is 9.41. The van der Waals surface area contributed by atoms with Crippen LogP contribution >= 0.6 is 0 Å². The summed E-state index contributed by atoms with van der Waals surface area (Å²) in [5.74, 6) is 3.10. The molecule has 206 valence electrons. The first-order chi connectivity index (χ1) is 16.7. The summed E-state index contributed by atoms with van der Waals surface area (Å²) >= 11 is 0. The largest absolute Gasteiger partial charge is 0.390 e. The van der Waals surface area contributed by atoms with Gasteiger partial charge in [-0.1, -0.05) is 60.1 Å². The van der Waals surface area contributed by atoms with Crippen LogP contribution in [0.25, 0.3) is 0 Å². The van der Waals surface area contributed by atoms with Gasteiger partial charge in [-0.25, -0.2) is 0 Å². The molecule has 2 N–H and O–H groups in total. The van der Waals surface area contributed by atoms with E-state index in [1.807, 2.05) is 0 Å². The smallest absolute Gasteiger partial charge is 0.0682 e. The Bertz CT molecular complexity index is 862. The van der Waals surface area contributed by atoms with Crippen LogP contribution in [0.3, 0.4) is 0 Å². The third-order valence-electron chi connectivity index (χ3n) is 13.8. The Hall–Kier alpha value is -0.340. The summed E-state index contributed by atoms with van der Waals surface area (Å²) in [4.78, 5) is 0. The van der Waals surface area contributed by atoms with Gasteiger partial charge in [0.1, 0.15) is 0 Å². The van der Waals surface area contributed by atoms with E-state index in [-0.39, 0.29) is 5.41 Å². The van der Waals surface area contributed by atoms with Gasteiger partial charge in [0, 0.05) is 0 Å². The fourth-order valence-corrected chi connectivity index (χ4v) is 11.0. The lowest BCUT2D eigenvalue weighted by Crippen LogP contribution is -2.57. The molecule has 0 aliphatic heterocycles. The number of allylic oxidation sites excluding steroid dienone is 1. The predicted octanol–water partition coefficient (Wildman–Crippen LogP) is 8.84.